The van der Waals surface area contributed by atoms with Gasteiger partial charge in [-0.3, -0.25) is 15.6 Å². The standard InChI is InChI=1S/C13H23N5O/c1-13(2,9-18(3)4)8-16-12(19)10-5-6-15-7-11(10)17-14/h5-7,17H,8-9,14H2,1-4H3,(H,16,19). The highest BCUT2D eigenvalue weighted by atomic mass is 16.1. The van der Waals surface area contributed by atoms with Crippen LogP contribution < -0.4 is 16.6 Å². The predicted octanol–water partition coefficient (Wildman–Crippen LogP) is 0.685. The van der Waals surface area contributed by atoms with Gasteiger partial charge in [-0.2, -0.15) is 0 Å². The van der Waals surface area contributed by atoms with Gasteiger partial charge in [-0.05, 0) is 25.6 Å². The summed E-state index contributed by atoms with van der Waals surface area (Å²) in [6, 6.07) is 1.64. The van der Waals surface area contributed by atoms with Gasteiger partial charge >= 0.3 is 0 Å². The summed E-state index contributed by atoms with van der Waals surface area (Å²) in [7, 11) is 4.03. The topological polar surface area (TPSA) is 83.3 Å². The number of anilines is 1. The van der Waals surface area contributed by atoms with Crippen molar-refractivity contribution in [2.75, 3.05) is 32.6 Å². The monoisotopic (exact) mass is 265 g/mol. The van der Waals surface area contributed by atoms with E-state index in [9.17, 15) is 4.79 Å². The van der Waals surface area contributed by atoms with E-state index in [4.69, 9.17) is 5.84 Å². The average molecular weight is 265 g/mol. The van der Waals surface area contributed by atoms with Crippen LogP contribution in [-0.2, 0) is 0 Å². The lowest BCUT2D eigenvalue weighted by Gasteiger charge is -2.28. The van der Waals surface area contributed by atoms with Crippen molar-refractivity contribution in [3.8, 4) is 0 Å². The number of hydrogen-bond acceptors (Lipinski definition) is 5. The average Bonchev–Trinajstić information content (AvgIpc) is 2.34. The number of hydrazine groups is 1. The van der Waals surface area contributed by atoms with Crippen molar-refractivity contribution in [3.63, 3.8) is 0 Å². The van der Waals surface area contributed by atoms with Gasteiger partial charge in [0, 0.05) is 19.3 Å². The molecule has 1 rings (SSSR count). The van der Waals surface area contributed by atoms with E-state index in [1.54, 1.807) is 12.3 Å². The van der Waals surface area contributed by atoms with Gasteiger partial charge in [-0.15, -0.1) is 0 Å². The minimum absolute atomic E-state index is 0.00248. The van der Waals surface area contributed by atoms with Crippen LogP contribution in [0.4, 0.5) is 5.69 Å². The number of aromatic nitrogens is 1. The van der Waals surface area contributed by atoms with E-state index in [1.807, 2.05) is 14.1 Å². The van der Waals surface area contributed by atoms with Gasteiger partial charge < -0.3 is 15.6 Å². The second-order valence-corrected chi connectivity index (χ2v) is 5.65. The van der Waals surface area contributed by atoms with Gasteiger partial charge in [0.25, 0.3) is 5.91 Å². The Balaban J connectivity index is 2.65. The van der Waals surface area contributed by atoms with E-state index in [1.165, 1.54) is 6.20 Å². The first kappa shape index (κ1) is 15.4. The number of amides is 1. The first-order valence-electron chi connectivity index (χ1n) is 6.19. The molecule has 0 spiro atoms. The highest BCUT2D eigenvalue weighted by molar-refractivity contribution is 5.99. The van der Waals surface area contributed by atoms with Crippen molar-refractivity contribution >= 4 is 11.6 Å². The maximum Gasteiger partial charge on any atom is 0.253 e. The second kappa shape index (κ2) is 6.49. The molecule has 0 aliphatic carbocycles. The summed E-state index contributed by atoms with van der Waals surface area (Å²) in [5.41, 5.74) is 3.49. The maximum atomic E-state index is 12.1. The third-order valence-electron chi connectivity index (χ3n) is 2.69. The van der Waals surface area contributed by atoms with Gasteiger partial charge in [-0.25, -0.2) is 0 Å². The molecule has 6 heteroatoms. The zero-order chi connectivity index (χ0) is 14.5. The van der Waals surface area contributed by atoms with Crippen LogP contribution in [0.5, 0.6) is 0 Å². The summed E-state index contributed by atoms with van der Waals surface area (Å²) in [5.74, 6) is 5.21. The van der Waals surface area contributed by atoms with Crippen LogP contribution in [0.2, 0.25) is 0 Å². The lowest BCUT2D eigenvalue weighted by Crippen LogP contribution is -2.40. The van der Waals surface area contributed by atoms with Gasteiger partial charge in [0.1, 0.15) is 0 Å². The van der Waals surface area contributed by atoms with Crippen LogP contribution in [0.3, 0.4) is 0 Å². The Kier molecular flexibility index (Phi) is 5.26. The van der Waals surface area contributed by atoms with Crippen molar-refractivity contribution in [2.24, 2.45) is 11.3 Å². The fourth-order valence-corrected chi connectivity index (χ4v) is 2.03. The number of nitrogens with two attached hydrogens (primary N) is 1. The van der Waals surface area contributed by atoms with E-state index < -0.39 is 0 Å². The predicted molar refractivity (Wildman–Crippen MR) is 76.7 cm³/mol. The summed E-state index contributed by atoms with van der Waals surface area (Å²) in [6.07, 6.45) is 3.10. The molecule has 0 aliphatic heterocycles. The van der Waals surface area contributed by atoms with Crippen LogP contribution in [-0.4, -0.2) is 43.0 Å². The fraction of sp³-hybridized carbons (Fsp3) is 0.538. The molecular formula is C13H23N5O. The van der Waals surface area contributed by atoms with Crippen molar-refractivity contribution < 1.29 is 4.79 Å². The molecule has 0 aromatic carbocycles. The van der Waals surface area contributed by atoms with Gasteiger partial charge in [0.2, 0.25) is 0 Å². The Morgan fingerprint density at radius 1 is 1.47 bits per heavy atom. The number of nitrogens with one attached hydrogen (secondary N) is 2. The van der Waals surface area contributed by atoms with Crippen molar-refractivity contribution in [1.82, 2.24) is 15.2 Å². The highest BCUT2D eigenvalue weighted by Gasteiger charge is 2.20. The fourth-order valence-electron chi connectivity index (χ4n) is 2.03. The van der Waals surface area contributed by atoms with Crippen molar-refractivity contribution in [3.05, 3.63) is 24.0 Å². The molecule has 0 saturated heterocycles. The maximum absolute atomic E-state index is 12.1. The van der Waals surface area contributed by atoms with Gasteiger partial charge in [-0.1, -0.05) is 13.8 Å². The first-order chi connectivity index (χ1) is 8.85. The molecule has 0 saturated carbocycles. The molecule has 0 aliphatic rings. The van der Waals surface area contributed by atoms with Crippen molar-refractivity contribution in [2.45, 2.75) is 13.8 Å². The lowest BCUT2D eigenvalue weighted by atomic mass is 9.93. The van der Waals surface area contributed by atoms with Crippen LogP contribution in [0, 0.1) is 5.41 Å². The van der Waals surface area contributed by atoms with E-state index in [2.05, 4.69) is 34.5 Å². The van der Waals surface area contributed by atoms with Crippen LogP contribution >= 0.6 is 0 Å². The Hall–Kier alpha value is -1.66. The van der Waals surface area contributed by atoms with Crippen LogP contribution in [0.25, 0.3) is 0 Å². The van der Waals surface area contributed by atoms with Crippen LogP contribution in [0.1, 0.15) is 24.2 Å². The molecule has 1 heterocycles. The van der Waals surface area contributed by atoms with Gasteiger partial charge in [0.15, 0.2) is 0 Å². The Morgan fingerprint density at radius 3 is 2.74 bits per heavy atom. The minimum Gasteiger partial charge on any atom is -0.351 e. The lowest BCUT2D eigenvalue weighted by molar-refractivity contribution is 0.0930. The number of pyridine rings is 1. The number of carbonyl (C=O) groups is 1. The molecule has 19 heavy (non-hydrogen) atoms. The number of nitrogens with zero attached hydrogens (tertiary/aromatic N) is 2. The Morgan fingerprint density at radius 2 is 2.16 bits per heavy atom. The molecule has 0 atom stereocenters. The summed E-state index contributed by atoms with van der Waals surface area (Å²) in [5, 5.41) is 2.93. The molecule has 0 radical (unpaired) electrons. The molecular weight excluding hydrogens is 242 g/mol. The number of nitrogen functional groups attached to an aromatic ring is 1. The zero-order valence-electron chi connectivity index (χ0n) is 12.0. The van der Waals surface area contributed by atoms with E-state index in [0.29, 0.717) is 17.8 Å². The summed E-state index contributed by atoms with van der Waals surface area (Å²) < 4.78 is 0. The molecule has 106 valence electrons. The van der Waals surface area contributed by atoms with Crippen molar-refractivity contribution in [1.29, 1.82) is 0 Å². The quantitative estimate of drug-likeness (QED) is 0.520. The molecule has 1 amide bonds. The van der Waals surface area contributed by atoms with Gasteiger partial charge in [0.05, 0.1) is 17.4 Å². The third-order valence-corrected chi connectivity index (χ3v) is 2.69. The molecule has 6 nitrogen and oxygen atoms in total. The molecule has 0 unspecified atom stereocenters. The molecule has 1 aromatic heterocycles. The first-order valence-corrected chi connectivity index (χ1v) is 6.19. The SMILES string of the molecule is CN(C)CC(C)(C)CNC(=O)c1ccncc1NN. The normalized spacial score (nSPS) is 11.5. The molecule has 0 fully saturated rings. The van der Waals surface area contributed by atoms with E-state index in [0.717, 1.165) is 6.54 Å². The summed E-state index contributed by atoms with van der Waals surface area (Å²) in [4.78, 5) is 18.1. The van der Waals surface area contributed by atoms with Crippen LogP contribution in [0.15, 0.2) is 18.5 Å². The number of rotatable bonds is 6. The largest absolute Gasteiger partial charge is 0.351 e. The zero-order valence-corrected chi connectivity index (χ0v) is 12.0. The number of hydrogen-bond donors (Lipinski definition) is 3. The third kappa shape index (κ3) is 4.84. The molecule has 1 aromatic rings. The second-order valence-electron chi connectivity index (χ2n) is 5.65. The van der Waals surface area contributed by atoms with E-state index >= 15 is 0 Å². The van der Waals surface area contributed by atoms with E-state index in [-0.39, 0.29) is 11.3 Å². The smallest absolute Gasteiger partial charge is 0.253 e. The Labute approximate surface area is 114 Å². The summed E-state index contributed by atoms with van der Waals surface area (Å²) >= 11 is 0. The Bertz CT molecular complexity index is 431. The number of carbonyl (C=O) groups excluding carboxylic acids is 1. The highest BCUT2D eigenvalue weighted by Crippen LogP contribution is 2.16. The summed E-state index contributed by atoms with van der Waals surface area (Å²) in [6.45, 7) is 5.71. The molecule has 4 N–H and O–H groups in total. The molecule has 0 bridgehead atoms. The minimum atomic E-state index is -0.151.